The lowest BCUT2D eigenvalue weighted by Gasteiger charge is -2.09. The molecule has 1 nitrogen and oxygen atoms in total. The molecule has 3 aromatic rings. The molecule has 0 amide bonds. The van der Waals surface area contributed by atoms with E-state index < -0.39 is 0 Å². The summed E-state index contributed by atoms with van der Waals surface area (Å²) in [7, 11) is 0. The van der Waals surface area contributed by atoms with E-state index in [0.717, 1.165) is 11.3 Å². The van der Waals surface area contributed by atoms with Crippen LogP contribution in [0.3, 0.4) is 0 Å². The topological polar surface area (TPSA) is 9.23 Å². The highest BCUT2D eigenvalue weighted by Crippen LogP contribution is 2.26. The van der Waals surface area contributed by atoms with Crippen LogP contribution in [-0.4, -0.2) is 6.61 Å². The second kappa shape index (κ2) is 6.97. The van der Waals surface area contributed by atoms with Crippen LogP contribution in [0.15, 0.2) is 85.4 Å². The fraction of sp³-hybridized carbons (Fsp3) is 0.0909. The molecule has 23 heavy (non-hydrogen) atoms. The van der Waals surface area contributed by atoms with Crippen LogP contribution in [-0.2, 0) is 4.74 Å². The molecule has 114 valence electrons. The van der Waals surface area contributed by atoms with Crippen molar-refractivity contribution in [2.24, 2.45) is 0 Å². The van der Waals surface area contributed by atoms with Gasteiger partial charge in [-0.05, 0) is 29.2 Å². The van der Waals surface area contributed by atoms with E-state index in [0.29, 0.717) is 6.61 Å². The number of rotatable bonds is 5. The lowest BCUT2D eigenvalue weighted by molar-refractivity contribution is 0.299. The van der Waals surface area contributed by atoms with Gasteiger partial charge in [-0.15, -0.1) is 0 Å². The van der Waals surface area contributed by atoms with Crippen molar-refractivity contribution >= 4 is 5.76 Å². The second-order valence-corrected chi connectivity index (χ2v) is 5.38. The maximum Gasteiger partial charge on any atom is 0.119 e. The third-order valence-corrected chi connectivity index (χ3v) is 3.85. The molecular formula is C22H20O. The predicted molar refractivity (Wildman–Crippen MR) is 98.0 cm³/mol. The molecule has 3 aromatic carbocycles. The van der Waals surface area contributed by atoms with Gasteiger partial charge < -0.3 is 4.74 Å². The van der Waals surface area contributed by atoms with Crippen molar-refractivity contribution in [1.29, 1.82) is 0 Å². The summed E-state index contributed by atoms with van der Waals surface area (Å²) in [5, 5.41) is 0. The first-order valence-corrected chi connectivity index (χ1v) is 7.86. The first-order valence-electron chi connectivity index (χ1n) is 7.86. The van der Waals surface area contributed by atoms with Gasteiger partial charge in [0.15, 0.2) is 0 Å². The Bertz CT molecular complexity index is 768. The van der Waals surface area contributed by atoms with Crippen molar-refractivity contribution in [2.45, 2.75) is 6.92 Å². The molecule has 0 aliphatic rings. The fourth-order valence-electron chi connectivity index (χ4n) is 2.59. The van der Waals surface area contributed by atoms with Gasteiger partial charge in [0.1, 0.15) is 5.76 Å². The quantitative estimate of drug-likeness (QED) is 0.523. The monoisotopic (exact) mass is 300 g/mol. The van der Waals surface area contributed by atoms with E-state index in [2.05, 4.69) is 79.4 Å². The van der Waals surface area contributed by atoms with Crippen LogP contribution in [0.1, 0.15) is 12.5 Å². The minimum atomic E-state index is 0.640. The van der Waals surface area contributed by atoms with E-state index in [1.807, 2.05) is 13.0 Å². The van der Waals surface area contributed by atoms with E-state index in [9.17, 15) is 0 Å². The van der Waals surface area contributed by atoms with Crippen LogP contribution < -0.4 is 0 Å². The molecule has 0 atom stereocenters. The highest BCUT2D eigenvalue weighted by atomic mass is 16.5. The lowest BCUT2D eigenvalue weighted by Crippen LogP contribution is -1.89. The van der Waals surface area contributed by atoms with Crippen molar-refractivity contribution in [1.82, 2.24) is 0 Å². The smallest absolute Gasteiger partial charge is 0.119 e. The van der Waals surface area contributed by atoms with Gasteiger partial charge in [0.2, 0.25) is 0 Å². The molecule has 0 fully saturated rings. The van der Waals surface area contributed by atoms with Gasteiger partial charge in [0.05, 0.1) is 6.61 Å². The van der Waals surface area contributed by atoms with Crippen molar-refractivity contribution < 1.29 is 4.74 Å². The van der Waals surface area contributed by atoms with Gasteiger partial charge >= 0.3 is 0 Å². The Morgan fingerprint density at radius 3 is 1.61 bits per heavy atom. The standard InChI is InChI=1S/C22H20O/c1-3-23-17(2)18-9-11-21(12-10-18)22-15-13-20(14-16-22)19-7-5-4-6-8-19/h4-16H,2-3H2,1H3. The number of hydrogen-bond donors (Lipinski definition) is 0. The van der Waals surface area contributed by atoms with Crippen LogP contribution >= 0.6 is 0 Å². The molecule has 0 spiro atoms. The first kappa shape index (κ1) is 15.1. The molecular weight excluding hydrogens is 280 g/mol. The average molecular weight is 300 g/mol. The normalized spacial score (nSPS) is 10.3. The molecule has 0 aliphatic heterocycles. The molecule has 0 unspecified atom stereocenters. The summed E-state index contributed by atoms with van der Waals surface area (Å²) in [6, 6.07) is 27.4. The lowest BCUT2D eigenvalue weighted by atomic mass is 9.99. The number of benzene rings is 3. The van der Waals surface area contributed by atoms with Gasteiger partial charge in [0, 0.05) is 5.56 Å². The van der Waals surface area contributed by atoms with E-state index >= 15 is 0 Å². The fourth-order valence-corrected chi connectivity index (χ4v) is 2.59. The third kappa shape index (κ3) is 3.51. The van der Waals surface area contributed by atoms with Crippen LogP contribution in [0, 0.1) is 0 Å². The Morgan fingerprint density at radius 2 is 1.13 bits per heavy atom. The Morgan fingerprint density at radius 1 is 0.696 bits per heavy atom. The van der Waals surface area contributed by atoms with E-state index in [4.69, 9.17) is 4.74 Å². The van der Waals surface area contributed by atoms with Gasteiger partial charge in [-0.25, -0.2) is 0 Å². The second-order valence-electron chi connectivity index (χ2n) is 5.38. The molecule has 1 heteroatoms. The Kier molecular flexibility index (Phi) is 4.58. The van der Waals surface area contributed by atoms with Crippen molar-refractivity contribution in [3.63, 3.8) is 0 Å². The Labute approximate surface area is 137 Å². The molecule has 0 aliphatic carbocycles. The summed E-state index contributed by atoms with van der Waals surface area (Å²) in [4.78, 5) is 0. The Balaban J connectivity index is 1.81. The Hall–Kier alpha value is -2.80. The van der Waals surface area contributed by atoms with Crippen LogP contribution in [0.2, 0.25) is 0 Å². The third-order valence-electron chi connectivity index (χ3n) is 3.85. The molecule has 0 aromatic heterocycles. The summed E-state index contributed by atoms with van der Waals surface area (Å²) < 4.78 is 5.44. The molecule has 0 saturated heterocycles. The zero-order valence-electron chi connectivity index (χ0n) is 13.3. The highest BCUT2D eigenvalue weighted by Gasteiger charge is 2.02. The molecule has 3 rings (SSSR count). The van der Waals surface area contributed by atoms with Crippen molar-refractivity contribution in [3.8, 4) is 22.3 Å². The van der Waals surface area contributed by atoms with Gasteiger partial charge in [-0.1, -0.05) is 85.4 Å². The van der Waals surface area contributed by atoms with Gasteiger partial charge in [-0.2, -0.15) is 0 Å². The van der Waals surface area contributed by atoms with Crippen molar-refractivity contribution in [3.05, 3.63) is 91.0 Å². The van der Waals surface area contributed by atoms with Crippen LogP contribution in [0.4, 0.5) is 0 Å². The van der Waals surface area contributed by atoms with E-state index in [1.54, 1.807) is 0 Å². The first-order chi connectivity index (χ1) is 11.3. The zero-order chi connectivity index (χ0) is 16.1. The maximum atomic E-state index is 5.44. The molecule has 0 N–H and O–H groups in total. The molecule has 0 saturated carbocycles. The molecule has 0 radical (unpaired) electrons. The summed E-state index contributed by atoms with van der Waals surface area (Å²) in [5.41, 5.74) is 5.89. The van der Waals surface area contributed by atoms with E-state index in [-0.39, 0.29) is 0 Å². The van der Waals surface area contributed by atoms with Gasteiger partial charge in [0.25, 0.3) is 0 Å². The van der Waals surface area contributed by atoms with Crippen LogP contribution in [0.25, 0.3) is 28.0 Å². The van der Waals surface area contributed by atoms with Gasteiger partial charge in [-0.3, -0.25) is 0 Å². The SMILES string of the molecule is C=C(OCC)c1ccc(-c2ccc(-c3ccccc3)cc2)cc1. The highest BCUT2D eigenvalue weighted by molar-refractivity contribution is 5.71. The molecule has 0 heterocycles. The minimum Gasteiger partial charge on any atom is -0.494 e. The largest absolute Gasteiger partial charge is 0.494 e. The minimum absolute atomic E-state index is 0.640. The molecule has 0 bridgehead atoms. The predicted octanol–water partition coefficient (Wildman–Crippen LogP) is 6.03. The number of ether oxygens (including phenoxy) is 1. The average Bonchev–Trinajstić information content (AvgIpc) is 2.63. The summed E-state index contributed by atoms with van der Waals surface area (Å²) >= 11 is 0. The maximum absolute atomic E-state index is 5.44. The summed E-state index contributed by atoms with van der Waals surface area (Å²) in [6.45, 7) is 6.55. The number of hydrogen-bond acceptors (Lipinski definition) is 1. The van der Waals surface area contributed by atoms with Crippen molar-refractivity contribution in [2.75, 3.05) is 6.61 Å². The summed E-state index contributed by atoms with van der Waals surface area (Å²) in [5.74, 6) is 0.721. The summed E-state index contributed by atoms with van der Waals surface area (Å²) in [6.07, 6.45) is 0. The zero-order valence-corrected chi connectivity index (χ0v) is 13.3. The van der Waals surface area contributed by atoms with Crippen LogP contribution in [0.5, 0.6) is 0 Å². The van der Waals surface area contributed by atoms with E-state index in [1.165, 1.54) is 22.3 Å².